The molecule has 1 unspecified atom stereocenters. The van der Waals surface area contributed by atoms with E-state index in [1.54, 1.807) is 0 Å². The highest BCUT2D eigenvalue weighted by atomic mass is 16.1. The second-order valence-corrected chi connectivity index (χ2v) is 4.60. The Bertz CT molecular complexity index is 219. The first-order chi connectivity index (χ1) is 7.60. The summed E-state index contributed by atoms with van der Waals surface area (Å²) < 4.78 is 0. The first kappa shape index (κ1) is 15.3. The summed E-state index contributed by atoms with van der Waals surface area (Å²) in [5.41, 5.74) is -0.822. The van der Waals surface area contributed by atoms with Crippen LogP contribution in [0.1, 0.15) is 66.2 Å². The van der Waals surface area contributed by atoms with Gasteiger partial charge in [-0.2, -0.15) is 0 Å². The van der Waals surface area contributed by atoms with Crippen LogP contribution in [0.2, 0.25) is 0 Å². The van der Waals surface area contributed by atoms with Gasteiger partial charge in [0.05, 0.1) is 5.41 Å². The van der Waals surface area contributed by atoms with Gasteiger partial charge in [0, 0.05) is 6.42 Å². The van der Waals surface area contributed by atoms with Crippen LogP contribution in [0, 0.1) is 11.3 Å². The van der Waals surface area contributed by atoms with Crippen LogP contribution in [-0.2, 0) is 9.59 Å². The summed E-state index contributed by atoms with van der Waals surface area (Å²) in [4.78, 5) is 23.3. The molecule has 0 aromatic rings. The molecule has 0 saturated heterocycles. The van der Waals surface area contributed by atoms with Gasteiger partial charge in [-0.25, -0.2) is 0 Å². The summed E-state index contributed by atoms with van der Waals surface area (Å²) in [5, 5.41) is 0. The van der Waals surface area contributed by atoms with Crippen molar-refractivity contribution in [3.63, 3.8) is 0 Å². The summed E-state index contributed by atoms with van der Waals surface area (Å²) in [6, 6.07) is 0. The first-order valence-electron chi connectivity index (χ1n) is 6.52. The molecule has 0 rings (SSSR count). The zero-order chi connectivity index (χ0) is 12.6. The molecule has 0 aromatic heterocycles. The predicted molar refractivity (Wildman–Crippen MR) is 67.0 cm³/mol. The van der Waals surface area contributed by atoms with Crippen LogP contribution in [0.15, 0.2) is 0 Å². The van der Waals surface area contributed by atoms with Crippen LogP contribution < -0.4 is 0 Å². The molecule has 0 spiro atoms. The number of hydrogen-bond acceptors (Lipinski definition) is 2. The minimum absolute atomic E-state index is 0.0977. The normalized spacial score (nSPS) is 14.8. The number of carbonyl (C=O) groups excluding carboxylic acids is 2. The second kappa shape index (κ2) is 7.59. The van der Waals surface area contributed by atoms with E-state index in [-0.39, 0.29) is 5.78 Å². The van der Waals surface area contributed by atoms with E-state index in [9.17, 15) is 9.59 Å². The lowest BCUT2D eigenvalue weighted by atomic mass is 9.75. The standard InChI is InChI=1S/C14H25O2/c1-5-9-14(8-4,11-15)13(16)10-12(6-2)7-3/h12H,5-10H2,1-4H3. The first-order valence-corrected chi connectivity index (χ1v) is 6.52. The lowest BCUT2D eigenvalue weighted by Gasteiger charge is -2.25. The highest BCUT2D eigenvalue weighted by Crippen LogP contribution is 2.30. The smallest absolute Gasteiger partial charge is 0.212 e. The molecule has 0 aliphatic heterocycles. The van der Waals surface area contributed by atoms with Crippen molar-refractivity contribution in [3.05, 3.63) is 0 Å². The van der Waals surface area contributed by atoms with Crippen molar-refractivity contribution in [2.45, 2.75) is 66.2 Å². The van der Waals surface area contributed by atoms with Gasteiger partial charge in [-0.1, -0.05) is 47.0 Å². The Morgan fingerprint density at radius 2 is 1.75 bits per heavy atom. The Morgan fingerprint density at radius 3 is 2.06 bits per heavy atom. The summed E-state index contributed by atoms with van der Waals surface area (Å²) >= 11 is 0. The number of carbonyl (C=O) groups is 1. The topological polar surface area (TPSA) is 34.1 Å². The number of Topliss-reactive ketones (excluding diaryl/α,β-unsaturated/α-hetero) is 1. The maximum Gasteiger partial charge on any atom is 0.212 e. The van der Waals surface area contributed by atoms with E-state index in [0.29, 0.717) is 25.2 Å². The van der Waals surface area contributed by atoms with Crippen LogP contribution in [0.3, 0.4) is 0 Å². The third-order valence-electron chi connectivity index (χ3n) is 3.64. The Balaban J connectivity index is 4.66. The monoisotopic (exact) mass is 225 g/mol. The lowest BCUT2D eigenvalue weighted by molar-refractivity contribution is -0.126. The van der Waals surface area contributed by atoms with Gasteiger partial charge in [0.25, 0.3) is 0 Å². The summed E-state index contributed by atoms with van der Waals surface area (Å²) in [6.45, 7) is 8.11. The summed E-state index contributed by atoms with van der Waals surface area (Å²) in [6.07, 6.45) is 6.66. The second-order valence-electron chi connectivity index (χ2n) is 4.60. The van der Waals surface area contributed by atoms with Crippen molar-refractivity contribution in [1.29, 1.82) is 0 Å². The molecule has 0 aromatic carbocycles. The fraction of sp³-hybridized carbons (Fsp3) is 0.857. The highest BCUT2D eigenvalue weighted by molar-refractivity contribution is 5.98. The largest absolute Gasteiger partial charge is 0.299 e. The maximum atomic E-state index is 12.2. The van der Waals surface area contributed by atoms with E-state index in [1.807, 2.05) is 20.1 Å². The van der Waals surface area contributed by atoms with E-state index in [0.717, 1.165) is 19.3 Å². The molecule has 0 heterocycles. The molecular formula is C14H25O2. The van der Waals surface area contributed by atoms with Crippen LogP contribution in [0.4, 0.5) is 0 Å². The molecule has 16 heavy (non-hydrogen) atoms. The molecule has 2 heteroatoms. The maximum absolute atomic E-state index is 12.2. The molecule has 0 N–H and O–H groups in total. The third-order valence-corrected chi connectivity index (χ3v) is 3.64. The van der Waals surface area contributed by atoms with Gasteiger partial charge >= 0.3 is 0 Å². The van der Waals surface area contributed by atoms with Crippen molar-refractivity contribution in [3.8, 4) is 0 Å². The molecule has 93 valence electrons. The number of hydrogen-bond donors (Lipinski definition) is 0. The quantitative estimate of drug-likeness (QED) is 0.561. The highest BCUT2D eigenvalue weighted by Gasteiger charge is 2.36. The number of rotatable bonds is 9. The summed E-state index contributed by atoms with van der Waals surface area (Å²) in [7, 11) is 0. The molecule has 0 aliphatic carbocycles. The third kappa shape index (κ3) is 3.73. The average molecular weight is 225 g/mol. The van der Waals surface area contributed by atoms with E-state index in [4.69, 9.17) is 0 Å². The Kier molecular flexibility index (Phi) is 7.27. The molecule has 0 bridgehead atoms. The molecule has 0 fully saturated rings. The molecule has 0 aliphatic rings. The lowest BCUT2D eigenvalue weighted by Crippen LogP contribution is -2.33. The zero-order valence-corrected chi connectivity index (χ0v) is 11.1. The van der Waals surface area contributed by atoms with Gasteiger partial charge in [0.2, 0.25) is 6.29 Å². The SMILES string of the molecule is CCCC([C]=O)(CC)C(=O)CC(CC)CC. The zero-order valence-electron chi connectivity index (χ0n) is 11.1. The van der Waals surface area contributed by atoms with E-state index < -0.39 is 5.41 Å². The fourth-order valence-corrected chi connectivity index (χ4v) is 2.16. The van der Waals surface area contributed by atoms with Crippen molar-refractivity contribution in [1.82, 2.24) is 0 Å². The minimum atomic E-state index is -0.822. The van der Waals surface area contributed by atoms with Crippen LogP contribution >= 0.6 is 0 Å². The predicted octanol–water partition coefficient (Wildman–Crippen LogP) is 3.69. The molecule has 2 nitrogen and oxygen atoms in total. The molecule has 1 atom stereocenters. The van der Waals surface area contributed by atoms with Crippen LogP contribution in [0.25, 0.3) is 0 Å². The summed E-state index contributed by atoms with van der Waals surface area (Å²) in [5.74, 6) is 0.518. The fourth-order valence-electron chi connectivity index (χ4n) is 2.16. The van der Waals surface area contributed by atoms with Gasteiger partial charge in [-0.05, 0) is 18.8 Å². The number of ketones is 1. The van der Waals surface area contributed by atoms with Crippen molar-refractivity contribution >= 4 is 12.1 Å². The van der Waals surface area contributed by atoms with Crippen LogP contribution in [-0.4, -0.2) is 12.1 Å². The molecular weight excluding hydrogens is 200 g/mol. The van der Waals surface area contributed by atoms with Crippen molar-refractivity contribution in [2.24, 2.45) is 11.3 Å². The van der Waals surface area contributed by atoms with E-state index in [2.05, 4.69) is 13.8 Å². The Labute approximate surface area is 99.8 Å². The average Bonchev–Trinajstić information content (AvgIpc) is 2.32. The van der Waals surface area contributed by atoms with Crippen molar-refractivity contribution in [2.75, 3.05) is 0 Å². The Hall–Kier alpha value is -0.660. The van der Waals surface area contributed by atoms with Gasteiger partial charge in [0.15, 0.2) is 0 Å². The molecule has 0 amide bonds. The van der Waals surface area contributed by atoms with Crippen molar-refractivity contribution < 1.29 is 9.59 Å². The van der Waals surface area contributed by atoms with E-state index >= 15 is 0 Å². The molecule has 0 saturated carbocycles. The van der Waals surface area contributed by atoms with E-state index in [1.165, 1.54) is 0 Å². The molecule has 1 radical (unpaired) electrons. The van der Waals surface area contributed by atoms with Gasteiger partial charge in [-0.15, -0.1) is 0 Å². The van der Waals surface area contributed by atoms with Gasteiger partial charge in [-0.3, -0.25) is 9.59 Å². The van der Waals surface area contributed by atoms with Crippen LogP contribution in [0.5, 0.6) is 0 Å². The Morgan fingerprint density at radius 1 is 1.19 bits per heavy atom. The van der Waals surface area contributed by atoms with Gasteiger partial charge in [0.1, 0.15) is 5.78 Å². The minimum Gasteiger partial charge on any atom is -0.299 e. The van der Waals surface area contributed by atoms with Gasteiger partial charge < -0.3 is 0 Å².